The molecule has 0 aliphatic rings. The summed E-state index contributed by atoms with van der Waals surface area (Å²) < 4.78 is 3.54. The molecule has 1 aromatic carbocycles. The van der Waals surface area contributed by atoms with Crippen LogP contribution in [0.2, 0.25) is 0 Å². The Morgan fingerprint density at radius 1 is 1.17 bits per heavy atom. The molecule has 5 nitrogen and oxygen atoms in total. The smallest absolute Gasteiger partial charge is 0.245 e. The van der Waals surface area contributed by atoms with E-state index in [1.807, 2.05) is 57.4 Å². The molecular formula is C18H24BrN3O2. The van der Waals surface area contributed by atoms with E-state index >= 15 is 0 Å². The van der Waals surface area contributed by atoms with Crippen molar-refractivity contribution in [1.82, 2.24) is 10.00 Å². The first kappa shape index (κ1) is 20.1. The molecule has 2 rings (SSSR count). The third-order valence-electron chi connectivity index (χ3n) is 3.88. The number of nitrogens with zero attached hydrogens (tertiary/aromatic N) is 2. The maximum Gasteiger partial charge on any atom is 0.245 e. The molecule has 2 aromatic rings. The summed E-state index contributed by atoms with van der Waals surface area (Å²) in [5.41, 5.74) is 3.38. The van der Waals surface area contributed by atoms with E-state index in [4.69, 9.17) is 0 Å². The summed E-state index contributed by atoms with van der Waals surface area (Å²) in [5.74, 6) is 0.0721. The van der Waals surface area contributed by atoms with Crippen LogP contribution in [-0.2, 0) is 29.1 Å². The van der Waals surface area contributed by atoms with Crippen LogP contribution in [0.4, 0.5) is 0 Å². The standard InChI is InChI=1S/C18H23N3O2.BrH/c1-4-19-18(23)13-21-10-6-9-20(21)12-16(22)11-17-14(2)7-5-8-15(17)3;/h5-10H,4,11-13H2,1-3H3;1H. The third kappa shape index (κ3) is 5.30. The van der Waals surface area contributed by atoms with Gasteiger partial charge in [-0.1, -0.05) is 18.2 Å². The second-order valence-corrected chi connectivity index (χ2v) is 5.73. The first-order valence-electron chi connectivity index (χ1n) is 7.89. The Labute approximate surface area is 153 Å². The van der Waals surface area contributed by atoms with Crippen LogP contribution in [0.25, 0.3) is 0 Å². The lowest BCUT2D eigenvalue weighted by molar-refractivity contribution is -0.763. The molecule has 130 valence electrons. The monoisotopic (exact) mass is 393 g/mol. The normalized spacial score (nSPS) is 10.1. The number of Topliss-reactive ketones (excluding diaryl/α,β-unsaturated/α-hetero) is 1. The molecule has 6 heteroatoms. The van der Waals surface area contributed by atoms with Gasteiger partial charge in [-0.25, -0.2) is 0 Å². The lowest BCUT2D eigenvalue weighted by Crippen LogP contribution is -3.00. The van der Waals surface area contributed by atoms with Crippen LogP contribution in [0, 0.1) is 13.8 Å². The lowest BCUT2D eigenvalue weighted by Gasteiger charge is -2.08. The van der Waals surface area contributed by atoms with Crippen molar-refractivity contribution in [2.24, 2.45) is 0 Å². The number of hydrogen-bond acceptors (Lipinski definition) is 2. The van der Waals surface area contributed by atoms with Crippen molar-refractivity contribution in [3.8, 4) is 0 Å². The van der Waals surface area contributed by atoms with Gasteiger partial charge in [0.05, 0.1) is 6.20 Å². The van der Waals surface area contributed by atoms with E-state index in [1.54, 1.807) is 9.36 Å². The van der Waals surface area contributed by atoms with Gasteiger partial charge in [0.2, 0.25) is 18.2 Å². The molecule has 0 aliphatic carbocycles. The molecule has 1 heterocycles. The Morgan fingerprint density at radius 3 is 2.46 bits per heavy atom. The number of hydrogen-bond donors (Lipinski definition) is 1. The predicted octanol–water partition coefficient (Wildman–Crippen LogP) is -1.66. The Hall–Kier alpha value is -1.95. The zero-order valence-corrected chi connectivity index (χ0v) is 16.0. The van der Waals surface area contributed by atoms with E-state index < -0.39 is 0 Å². The van der Waals surface area contributed by atoms with Gasteiger partial charge in [0.25, 0.3) is 0 Å². The highest BCUT2D eigenvalue weighted by Crippen LogP contribution is 2.14. The van der Waals surface area contributed by atoms with Gasteiger partial charge in [0.1, 0.15) is 0 Å². The van der Waals surface area contributed by atoms with Gasteiger partial charge >= 0.3 is 0 Å². The molecule has 0 unspecified atom stereocenters. The number of carbonyl (C=O) groups is 2. The van der Waals surface area contributed by atoms with Crippen molar-refractivity contribution < 1.29 is 31.3 Å². The van der Waals surface area contributed by atoms with Crippen molar-refractivity contribution in [3.63, 3.8) is 0 Å². The number of likely N-dealkylation sites (N-methyl/N-ethyl adjacent to an activating group) is 1. The molecule has 1 amide bonds. The average Bonchev–Trinajstić information content (AvgIpc) is 2.90. The summed E-state index contributed by atoms with van der Waals surface area (Å²) in [7, 11) is 0. The fourth-order valence-electron chi connectivity index (χ4n) is 2.66. The molecule has 24 heavy (non-hydrogen) atoms. The summed E-state index contributed by atoms with van der Waals surface area (Å²) in [4.78, 5) is 24.1. The number of amides is 1. The SMILES string of the molecule is CCNC(=O)Cn1ccc[n+]1CC(=O)Cc1c(C)cccc1C.[Br-]. The van der Waals surface area contributed by atoms with Crippen LogP contribution in [0.15, 0.2) is 36.7 Å². The number of ketones is 1. The molecule has 1 aromatic heterocycles. The highest BCUT2D eigenvalue weighted by molar-refractivity contribution is 5.80. The van der Waals surface area contributed by atoms with Gasteiger partial charge in [-0.2, -0.15) is 4.68 Å². The van der Waals surface area contributed by atoms with Crippen LogP contribution in [-0.4, -0.2) is 22.9 Å². The highest BCUT2D eigenvalue weighted by Gasteiger charge is 2.17. The number of nitrogens with one attached hydrogen (secondary N) is 1. The minimum absolute atomic E-state index is 0. The van der Waals surface area contributed by atoms with Crippen molar-refractivity contribution >= 4 is 11.7 Å². The van der Waals surface area contributed by atoms with Crippen LogP contribution in [0.3, 0.4) is 0 Å². The van der Waals surface area contributed by atoms with Crippen molar-refractivity contribution in [2.75, 3.05) is 6.54 Å². The van der Waals surface area contributed by atoms with E-state index in [2.05, 4.69) is 5.32 Å². The van der Waals surface area contributed by atoms with Crippen molar-refractivity contribution in [3.05, 3.63) is 53.3 Å². The van der Waals surface area contributed by atoms with Gasteiger partial charge in [0.15, 0.2) is 12.7 Å². The van der Waals surface area contributed by atoms with Gasteiger partial charge in [-0.05, 0) is 37.5 Å². The predicted molar refractivity (Wildman–Crippen MR) is 87.9 cm³/mol. The number of halogens is 1. The number of carbonyl (C=O) groups excluding carboxylic acids is 2. The van der Waals surface area contributed by atoms with Crippen molar-refractivity contribution in [1.29, 1.82) is 0 Å². The molecule has 1 N–H and O–H groups in total. The van der Waals surface area contributed by atoms with Crippen LogP contribution in [0.1, 0.15) is 23.6 Å². The molecule has 0 bridgehead atoms. The second-order valence-electron chi connectivity index (χ2n) is 5.73. The van der Waals surface area contributed by atoms with E-state index in [-0.39, 0.29) is 41.8 Å². The summed E-state index contributed by atoms with van der Waals surface area (Å²) in [6.07, 6.45) is 4.04. The summed E-state index contributed by atoms with van der Waals surface area (Å²) >= 11 is 0. The van der Waals surface area contributed by atoms with E-state index in [1.165, 1.54) is 0 Å². The molecule has 0 spiro atoms. The van der Waals surface area contributed by atoms with Crippen molar-refractivity contribution in [2.45, 2.75) is 40.3 Å². The molecule has 0 aliphatic heterocycles. The Bertz CT molecular complexity index is 690. The largest absolute Gasteiger partial charge is 1.00 e. The summed E-state index contributed by atoms with van der Waals surface area (Å²) in [5, 5.41) is 2.76. The van der Waals surface area contributed by atoms with Crippen LogP contribution >= 0.6 is 0 Å². The minimum atomic E-state index is -0.0559. The Morgan fingerprint density at radius 2 is 1.83 bits per heavy atom. The number of aromatic nitrogens is 2. The number of aryl methyl sites for hydroxylation is 2. The molecule has 0 saturated carbocycles. The molecule has 0 atom stereocenters. The first-order chi connectivity index (χ1) is 11.0. The van der Waals surface area contributed by atoms with Gasteiger partial charge in [-0.15, -0.1) is 4.68 Å². The maximum absolute atomic E-state index is 12.4. The van der Waals surface area contributed by atoms with Crippen LogP contribution < -0.4 is 27.0 Å². The van der Waals surface area contributed by atoms with Crippen LogP contribution in [0.5, 0.6) is 0 Å². The second kappa shape index (κ2) is 9.37. The van der Waals surface area contributed by atoms with Gasteiger partial charge < -0.3 is 22.3 Å². The van der Waals surface area contributed by atoms with Gasteiger partial charge in [-0.3, -0.25) is 9.59 Å². The van der Waals surface area contributed by atoms with Gasteiger partial charge in [0, 0.05) is 19.0 Å². The Balaban J connectivity index is 0.00000288. The fraction of sp³-hybridized carbons (Fsp3) is 0.389. The first-order valence-corrected chi connectivity index (χ1v) is 7.89. The number of benzene rings is 1. The molecule has 0 fully saturated rings. The molecule has 0 radical (unpaired) electrons. The molecular weight excluding hydrogens is 370 g/mol. The zero-order chi connectivity index (χ0) is 16.8. The average molecular weight is 394 g/mol. The van der Waals surface area contributed by atoms with E-state index in [0.717, 1.165) is 16.7 Å². The molecule has 0 saturated heterocycles. The zero-order valence-electron chi connectivity index (χ0n) is 14.4. The topological polar surface area (TPSA) is 55.0 Å². The lowest BCUT2D eigenvalue weighted by atomic mass is 9.98. The Kier molecular flexibility index (Phi) is 7.85. The fourth-order valence-corrected chi connectivity index (χ4v) is 2.66. The van der Waals surface area contributed by atoms with E-state index in [0.29, 0.717) is 13.0 Å². The quantitative estimate of drug-likeness (QED) is 0.572. The summed E-state index contributed by atoms with van der Waals surface area (Å²) in [6.45, 7) is 7.03. The minimum Gasteiger partial charge on any atom is -1.00 e. The van der Waals surface area contributed by atoms with E-state index in [9.17, 15) is 9.59 Å². The maximum atomic E-state index is 12.4. The highest BCUT2D eigenvalue weighted by atomic mass is 79.9. The number of rotatable bonds is 7. The third-order valence-corrected chi connectivity index (χ3v) is 3.88. The summed E-state index contributed by atoms with van der Waals surface area (Å²) in [6, 6.07) is 7.90.